The van der Waals surface area contributed by atoms with Crippen LogP contribution in [0.25, 0.3) is 0 Å². The summed E-state index contributed by atoms with van der Waals surface area (Å²) in [5, 5.41) is 3.93. The molecule has 0 spiro atoms. The molecule has 90 valence electrons. The molecule has 0 amide bonds. The highest BCUT2D eigenvalue weighted by Gasteiger charge is 2.17. The van der Waals surface area contributed by atoms with Crippen LogP contribution >= 0.6 is 34.7 Å². The Kier molecular flexibility index (Phi) is 3.48. The number of sulfonamides is 1. The molecule has 2 rings (SSSR count). The van der Waals surface area contributed by atoms with Crippen molar-refractivity contribution in [3.8, 4) is 0 Å². The predicted molar refractivity (Wildman–Crippen MR) is 65.0 cm³/mol. The summed E-state index contributed by atoms with van der Waals surface area (Å²) >= 11 is 12.2. The van der Waals surface area contributed by atoms with Crippen LogP contribution in [0.5, 0.6) is 0 Å². The normalized spacial score (nSPS) is 11.4. The quantitative estimate of drug-likeness (QED) is 0.877. The van der Waals surface area contributed by atoms with Crippen molar-refractivity contribution >= 4 is 49.8 Å². The van der Waals surface area contributed by atoms with Crippen molar-refractivity contribution in [1.29, 1.82) is 0 Å². The van der Waals surface area contributed by atoms with Crippen molar-refractivity contribution in [2.45, 2.75) is 4.90 Å². The average molecular weight is 311 g/mol. The summed E-state index contributed by atoms with van der Waals surface area (Å²) in [4.78, 5) is 3.58. The zero-order valence-corrected chi connectivity index (χ0v) is 11.1. The van der Waals surface area contributed by atoms with E-state index in [1.165, 1.54) is 12.3 Å². The first-order valence-electron chi connectivity index (χ1n) is 4.10. The van der Waals surface area contributed by atoms with Crippen LogP contribution in [0.2, 0.25) is 10.2 Å². The van der Waals surface area contributed by atoms with Gasteiger partial charge in [0.25, 0.3) is 10.0 Å². The predicted octanol–water partition coefficient (Wildman–Crippen LogP) is 2.04. The van der Waals surface area contributed by atoms with Gasteiger partial charge in [-0.3, -0.25) is 4.72 Å². The van der Waals surface area contributed by atoms with E-state index < -0.39 is 10.0 Å². The molecule has 0 aliphatic rings. The molecular weight excluding hydrogens is 307 g/mol. The Balaban J connectivity index is 2.35. The van der Waals surface area contributed by atoms with Crippen molar-refractivity contribution in [1.82, 2.24) is 14.6 Å². The van der Waals surface area contributed by atoms with Crippen LogP contribution in [0, 0.1) is 0 Å². The number of anilines is 1. The molecule has 0 aliphatic carbocycles. The van der Waals surface area contributed by atoms with Gasteiger partial charge in [0.2, 0.25) is 0 Å². The number of nitrogens with one attached hydrogen (secondary N) is 1. The summed E-state index contributed by atoms with van der Waals surface area (Å²) in [7, 11) is -3.75. The van der Waals surface area contributed by atoms with Gasteiger partial charge >= 0.3 is 0 Å². The summed E-state index contributed by atoms with van der Waals surface area (Å²) in [6, 6.07) is 1.22. The van der Waals surface area contributed by atoms with Crippen LogP contribution < -0.4 is 4.72 Å². The van der Waals surface area contributed by atoms with Gasteiger partial charge in [0.05, 0.1) is 11.2 Å². The van der Waals surface area contributed by atoms with Crippen LogP contribution in [-0.2, 0) is 10.0 Å². The van der Waals surface area contributed by atoms with Crippen LogP contribution in [0.15, 0.2) is 23.4 Å². The van der Waals surface area contributed by atoms with E-state index in [0.717, 1.165) is 17.7 Å². The second-order valence-electron chi connectivity index (χ2n) is 2.83. The number of hydrogen-bond acceptors (Lipinski definition) is 6. The lowest BCUT2D eigenvalue weighted by molar-refractivity contribution is 0.601. The molecule has 0 atom stereocenters. The van der Waals surface area contributed by atoms with E-state index in [-0.39, 0.29) is 15.1 Å². The fraction of sp³-hybridized carbons (Fsp3) is 0. The number of nitrogens with zero attached hydrogens (tertiary/aromatic N) is 3. The molecule has 0 radical (unpaired) electrons. The van der Waals surface area contributed by atoms with Gasteiger partial charge < -0.3 is 0 Å². The van der Waals surface area contributed by atoms with E-state index in [2.05, 4.69) is 19.3 Å². The van der Waals surface area contributed by atoms with Crippen LogP contribution in [0.1, 0.15) is 0 Å². The van der Waals surface area contributed by atoms with E-state index >= 15 is 0 Å². The van der Waals surface area contributed by atoms with Crippen LogP contribution in [0.4, 0.5) is 5.00 Å². The Bertz CT molecular complexity index is 629. The zero-order valence-electron chi connectivity index (χ0n) is 7.96. The van der Waals surface area contributed by atoms with Crippen molar-refractivity contribution in [2.75, 3.05) is 4.72 Å². The SMILES string of the molecule is O=S(=O)(Nc1cnns1)c1cnc(Cl)c(Cl)c1. The second kappa shape index (κ2) is 4.73. The molecular formula is C7H4Cl2N4O2S2. The third-order valence-corrected chi connectivity index (χ3v) is 4.41. The molecule has 2 aromatic rings. The third kappa shape index (κ3) is 2.83. The number of pyridine rings is 1. The minimum atomic E-state index is -3.75. The van der Waals surface area contributed by atoms with Gasteiger partial charge in [-0.25, -0.2) is 13.4 Å². The van der Waals surface area contributed by atoms with Gasteiger partial charge in [-0.2, -0.15) is 0 Å². The number of halogens is 2. The van der Waals surface area contributed by atoms with E-state index in [1.807, 2.05) is 0 Å². The number of aromatic nitrogens is 3. The molecule has 0 aliphatic heterocycles. The highest BCUT2D eigenvalue weighted by Crippen LogP contribution is 2.24. The molecule has 0 aromatic carbocycles. The Labute approximate surface area is 111 Å². The van der Waals surface area contributed by atoms with E-state index in [0.29, 0.717) is 5.00 Å². The number of rotatable bonds is 3. The van der Waals surface area contributed by atoms with Crippen molar-refractivity contribution in [3.63, 3.8) is 0 Å². The summed E-state index contributed by atoms with van der Waals surface area (Å²) in [6.07, 6.45) is 2.41. The maximum Gasteiger partial charge on any atom is 0.264 e. The van der Waals surface area contributed by atoms with Gasteiger partial charge in [-0.15, -0.1) is 5.10 Å². The Morgan fingerprint density at radius 1 is 1.29 bits per heavy atom. The highest BCUT2D eigenvalue weighted by molar-refractivity contribution is 7.93. The Morgan fingerprint density at radius 2 is 2.06 bits per heavy atom. The van der Waals surface area contributed by atoms with Gasteiger partial charge in [-0.05, 0) is 6.07 Å². The summed E-state index contributed by atoms with van der Waals surface area (Å²) in [5.74, 6) is 0. The van der Waals surface area contributed by atoms with Crippen molar-refractivity contribution in [3.05, 3.63) is 28.6 Å². The minimum absolute atomic E-state index is 0.0464. The first kappa shape index (κ1) is 12.5. The fourth-order valence-corrected chi connectivity index (χ4v) is 2.94. The maximum atomic E-state index is 11.9. The highest BCUT2D eigenvalue weighted by atomic mass is 35.5. The van der Waals surface area contributed by atoms with E-state index in [9.17, 15) is 8.42 Å². The summed E-state index contributed by atoms with van der Waals surface area (Å²) in [6.45, 7) is 0. The standard InChI is InChI=1S/C7H4Cl2N4O2S2/c8-5-1-4(2-10-7(5)9)17(14,15)12-6-3-11-13-16-6/h1-3,12H. The molecule has 0 unspecified atom stereocenters. The smallest absolute Gasteiger partial charge is 0.264 e. The molecule has 2 aromatic heterocycles. The molecule has 0 fully saturated rings. The summed E-state index contributed by atoms with van der Waals surface area (Å²) < 4.78 is 29.5. The lowest BCUT2D eigenvalue weighted by Crippen LogP contribution is -2.12. The van der Waals surface area contributed by atoms with Gasteiger partial charge in [0.15, 0.2) is 0 Å². The van der Waals surface area contributed by atoms with Crippen molar-refractivity contribution in [2.24, 2.45) is 0 Å². The first-order valence-corrected chi connectivity index (χ1v) is 7.11. The maximum absolute atomic E-state index is 11.9. The topological polar surface area (TPSA) is 84.8 Å². The largest absolute Gasteiger partial charge is 0.268 e. The summed E-state index contributed by atoms with van der Waals surface area (Å²) in [5.41, 5.74) is 0. The van der Waals surface area contributed by atoms with Crippen molar-refractivity contribution < 1.29 is 8.42 Å². The Morgan fingerprint density at radius 3 is 2.65 bits per heavy atom. The lowest BCUT2D eigenvalue weighted by Gasteiger charge is -2.05. The van der Waals surface area contributed by atoms with Gasteiger partial charge in [0.1, 0.15) is 15.0 Å². The Hall–Kier alpha value is -0.960. The number of hydrogen-bond donors (Lipinski definition) is 1. The van der Waals surface area contributed by atoms with E-state index in [4.69, 9.17) is 23.2 Å². The molecule has 6 nitrogen and oxygen atoms in total. The van der Waals surface area contributed by atoms with E-state index in [1.54, 1.807) is 0 Å². The molecule has 2 heterocycles. The van der Waals surface area contributed by atoms with Crippen LogP contribution in [0.3, 0.4) is 0 Å². The average Bonchev–Trinajstić information content (AvgIpc) is 2.73. The minimum Gasteiger partial charge on any atom is -0.268 e. The second-order valence-corrected chi connectivity index (χ2v) is 6.06. The van der Waals surface area contributed by atoms with Gasteiger partial charge in [-0.1, -0.05) is 27.7 Å². The molecule has 0 saturated heterocycles. The van der Waals surface area contributed by atoms with Crippen LogP contribution in [-0.4, -0.2) is 23.0 Å². The first-order chi connectivity index (χ1) is 7.99. The lowest BCUT2D eigenvalue weighted by atomic mass is 10.5. The monoisotopic (exact) mass is 310 g/mol. The zero-order chi connectivity index (χ0) is 12.5. The molecule has 1 N–H and O–H groups in total. The molecule has 0 saturated carbocycles. The van der Waals surface area contributed by atoms with Gasteiger partial charge in [0, 0.05) is 17.7 Å². The fourth-order valence-electron chi connectivity index (χ4n) is 0.954. The molecule has 10 heteroatoms. The third-order valence-electron chi connectivity index (χ3n) is 1.68. The molecule has 17 heavy (non-hydrogen) atoms. The molecule has 0 bridgehead atoms.